The molecule has 0 saturated heterocycles. The van der Waals surface area contributed by atoms with Crippen molar-refractivity contribution in [3.05, 3.63) is 16.4 Å². The van der Waals surface area contributed by atoms with Gasteiger partial charge in [-0.2, -0.15) is 5.10 Å². The molecule has 1 atom stereocenters. The number of rotatable bonds is 8. The van der Waals surface area contributed by atoms with Gasteiger partial charge < -0.3 is 5.32 Å². The molecule has 21 heavy (non-hydrogen) atoms. The quantitative estimate of drug-likeness (QED) is 0.773. The highest BCUT2D eigenvalue weighted by atomic mass is 35.5. The number of hydrogen-bond donors (Lipinski definition) is 1. The Morgan fingerprint density at radius 2 is 2.05 bits per heavy atom. The maximum Gasteiger partial charge on any atom is 0.0847 e. The van der Waals surface area contributed by atoms with Gasteiger partial charge in [0.1, 0.15) is 0 Å². The number of hydrogen-bond acceptors (Lipinski definition) is 2. The lowest BCUT2D eigenvalue weighted by atomic mass is 9.93. The van der Waals surface area contributed by atoms with E-state index in [0.717, 1.165) is 36.1 Å². The average Bonchev–Trinajstić information content (AvgIpc) is 3.10. The number of nitrogens with one attached hydrogen (secondary N) is 1. The first-order valence-electron chi connectivity index (χ1n) is 8.62. The van der Waals surface area contributed by atoms with E-state index in [0.29, 0.717) is 6.04 Å². The minimum atomic E-state index is 0.643. The topological polar surface area (TPSA) is 29.9 Å². The average molecular weight is 312 g/mol. The van der Waals surface area contributed by atoms with Crippen LogP contribution in [0.4, 0.5) is 0 Å². The normalized spacial score (nSPS) is 17.5. The van der Waals surface area contributed by atoms with Crippen molar-refractivity contribution < 1.29 is 0 Å². The summed E-state index contributed by atoms with van der Waals surface area (Å²) in [7, 11) is 0. The molecule has 0 bridgehead atoms. The third-order valence-electron chi connectivity index (χ3n) is 4.77. The highest BCUT2D eigenvalue weighted by molar-refractivity contribution is 6.31. The van der Waals surface area contributed by atoms with Gasteiger partial charge in [0.25, 0.3) is 0 Å². The fourth-order valence-electron chi connectivity index (χ4n) is 3.59. The van der Waals surface area contributed by atoms with Crippen molar-refractivity contribution in [2.45, 2.75) is 78.3 Å². The van der Waals surface area contributed by atoms with Crippen molar-refractivity contribution in [3.8, 4) is 0 Å². The first-order chi connectivity index (χ1) is 10.2. The Morgan fingerprint density at radius 3 is 2.67 bits per heavy atom. The van der Waals surface area contributed by atoms with Crippen molar-refractivity contribution in [2.75, 3.05) is 6.54 Å². The van der Waals surface area contributed by atoms with Gasteiger partial charge >= 0.3 is 0 Å². The van der Waals surface area contributed by atoms with Crippen molar-refractivity contribution in [1.29, 1.82) is 0 Å². The van der Waals surface area contributed by atoms with Crippen LogP contribution in [-0.4, -0.2) is 22.4 Å². The van der Waals surface area contributed by atoms with Gasteiger partial charge in [0.05, 0.1) is 16.4 Å². The van der Waals surface area contributed by atoms with Gasteiger partial charge in [-0.25, -0.2) is 0 Å². The second-order valence-electron chi connectivity index (χ2n) is 6.31. The summed E-state index contributed by atoms with van der Waals surface area (Å²) >= 11 is 6.44. The number of halogens is 1. The monoisotopic (exact) mass is 311 g/mol. The van der Waals surface area contributed by atoms with Crippen LogP contribution in [0, 0.1) is 12.8 Å². The number of aryl methyl sites for hydroxylation is 2. The predicted octanol–water partition coefficient (Wildman–Crippen LogP) is 4.36. The molecule has 1 unspecified atom stereocenters. The van der Waals surface area contributed by atoms with Crippen molar-refractivity contribution in [1.82, 2.24) is 15.1 Å². The summed E-state index contributed by atoms with van der Waals surface area (Å²) in [5, 5.41) is 9.18. The maximum absolute atomic E-state index is 6.44. The first kappa shape index (κ1) is 16.8. The lowest BCUT2D eigenvalue weighted by Gasteiger charge is -2.25. The highest BCUT2D eigenvalue weighted by Crippen LogP contribution is 2.30. The van der Waals surface area contributed by atoms with E-state index in [9.17, 15) is 0 Å². The van der Waals surface area contributed by atoms with E-state index in [-0.39, 0.29) is 0 Å². The van der Waals surface area contributed by atoms with Crippen LogP contribution in [0.5, 0.6) is 0 Å². The SMILES string of the molecule is CCCNC(CCc1c(Cl)c(C)nn1CC)C1CCCC1. The maximum atomic E-state index is 6.44. The molecule has 1 aromatic rings. The van der Waals surface area contributed by atoms with Gasteiger partial charge in [0, 0.05) is 12.6 Å². The summed E-state index contributed by atoms with van der Waals surface area (Å²) in [5.41, 5.74) is 2.19. The molecule has 120 valence electrons. The van der Waals surface area contributed by atoms with E-state index in [2.05, 4.69) is 28.9 Å². The summed E-state index contributed by atoms with van der Waals surface area (Å²) in [6, 6.07) is 0.643. The van der Waals surface area contributed by atoms with E-state index in [4.69, 9.17) is 11.6 Å². The molecule has 0 aromatic carbocycles. The van der Waals surface area contributed by atoms with Crippen LogP contribution in [0.3, 0.4) is 0 Å². The molecule has 1 saturated carbocycles. The third-order valence-corrected chi connectivity index (χ3v) is 5.26. The van der Waals surface area contributed by atoms with Crippen molar-refractivity contribution in [3.63, 3.8) is 0 Å². The largest absolute Gasteiger partial charge is 0.314 e. The molecule has 0 radical (unpaired) electrons. The molecule has 1 N–H and O–H groups in total. The van der Waals surface area contributed by atoms with Crippen LogP contribution in [0.1, 0.15) is 63.8 Å². The highest BCUT2D eigenvalue weighted by Gasteiger charge is 2.25. The van der Waals surface area contributed by atoms with Crippen LogP contribution in [0.15, 0.2) is 0 Å². The molecule has 3 nitrogen and oxygen atoms in total. The second-order valence-corrected chi connectivity index (χ2v) is 6.68. The molecule has 0 spiro atoms. The van der Waals surface area contributed by atoms with Crippen LogP contribution >= 0.6 is 11.6 Å². The molecule has 1 aromatic heterocycles. The van der Waals surface area contributed by atoms with Crippen molar-refractivity contribution >= 4 is 11.6 Å². The zero-order valence-corrected chi connectivity index (χ0v) is 14.5. The smallest absolute Gasteiger partial charge is 0.0847 e. The zero-order valence-electron chi connectivity index (χ0n) is 13.8. The van der Waals surface area contributed by atoms with Crippen molar-refractivity contribution in [2.24, 2.45) is 5.92 Å². The Labute approximate surface area is 134 Å². The molecule has 0 amide bonds. The number of aromatic nitrogens is 2. The second kappa shape index (κ2) is 8.19. The molecular formula is C17H30ClN3. The Balaban J connectivity index is 2.00. The van der Waals surface area contributed by atoms with Crippen LogP contribution < -0.4 is 5.32 Å². The summed E-state index contributed by atoms with van der Waals surface area (Å²) in [6.07, 6.45) is 9.00. The summed E-state index contributed by atoms with van der Waals surface area (Å²) < 4.78 is 2.07. The fraction of sp³-hybridized carbons (Fsp3) is 0.824. The summed E-state index contributed by atoms with van der Waals surface area (Å²) in [4.78, 5) is 0. The Hall–Kier alpha value is -0.540. The minimum Gasteiger partial charge on any atom is -0.314 e. The van der Waals surface area contributed by atoms with Crippen LogP contribution in [-0.2, 0) is 13.0 Å². The van der Waals surface area contributed by atoms with E-state index in [1.807, 2.05) is 6.92 Å². The summed E-state index contributed by atoms with van der Waals surface area (Å²) in [5.74, 6) is 0.856. The van der Waals surface area contributed by atoms with E-state index < -0.39 is 0 Å². The molecule has 1 heterocycles. The molecule has 2 rings (SSSR count). The summed E-state index contributed by atoms with van der Waals surface area (Å²) in [6.45, 7) is 8.41. The third kappa shape index (κ3) is 4.23. The van der Waals surface area contributed by atoms with E-state index in [1.54, 1.807) is 0 Å². The molecule has 1 aliphatic rings. The van der Waals surface area contributed by atoms with Gasteiger partial charge in [0.15, 0.2) is 0 Å². The lowest BCUT2D eigenvalue weighted by molar-refractivity contribution is 0.338. The minimum absolute atomic E-state index is 0.643. The Morgan fingerprint density at radius 1 is 1.33 bits per heavy atom. The van der Waals surface area contributed by atoms with E-state index in [1.165, 1.54) is 44.2 Å². The van der Waals surface area contributed by atoms with E-state index >= 15 is 0 Å². The number of nitrogens with zero attached hydrogens (tertiary/aromatic N) is 2. The van der Waals surface area contributed by atoms with Gasteiger partial charge in [0.2, 0.25) is 0 Å². The molecule has 0 aliphatic heterocycles. The molecular weight excluding hydrogens is 282 g/mol. The Bertz CT molecular complexity index is 435. The van der Waals surface area contributed by atoms with Gasteiger partial charge in [-0.1, -0.05) is 31.4 Å². The first-order valence-corrected chi connectivity index (χ1v) is 9.00. The van der Waals surface area contributed by atoms with Gasteiger partial charge in [-0.05, 0) is 58.4 Å². The van der Waals surface area contributed by atoms with Gasteiger partial charge in [-0.3, -0.25) is 4.68 Å². The Kier molecular flexibility index (Phi) is 6.56. The lowest BCUT2D eigenvalue weighted by Crippen LogP contribution is -2.36. The fourth-order valence-corrected chi connectivity index (χ4v) is 3.82. The van der Waals surface area contributed by atoms with Crippen LogP contribution in [0.25, 0.3) is 0 Å². The molecule has 1 fully saturated rings. The standard InChI is InChI=1S/C17H30ClN3/c1-4-12-19-15(14-8-6-7-9-14)10-11-16-17(18)13(3)20-21(16)5-2/h14-15,19H,4-12H2,1-3H3. The zero-order chi connectivity index (χ0) is 15.2. The van der Waals surface area contributed by atoms with Gasteiger partial charge in [-0.15, -0.1) is 0 Å². The molecule has 1 aliphatic carbocycles. The van der Waals surface area contributed by atoms with Crippen LogP contribution in [0.2, 0.25) is 5.02 Å². The molecule has 4 heteroatoms. The predicted molar refractivity (Wildman–Crippen MR) is 90.0 cm³/mol.